The van der Waals surface area contributed by atoms with E-state index in [2.05, 4.69) is 0 Å². The molecule has 0 radical (unpaired) electrons. The van der Waals surface area contributed by atoms with Gasteiger partial charge in [0, 0.05) is 6.42 Å². The molecule has 0 aromatic carbocycles. The Bertz CT molecular complexity index is 730. The fourth-order valence-corrected chi connectivity index (χ4v) is 2.05. The summed E-state index contributed by atoms with van der Waals surface area (Å²) in [6.45, 7) is 0. The number of halogens is 16. The van der Waals surface area contributed by atoms with E-state index in [0.717, 1.165) is 0 Å². The van der Waals surface area contributed by atoms with Crippen molar-refractivity contribution in [3.05, 3.63) is 0 Å². The van der Waals surface area contributed by atoms with Gasteiger partial charge in [0.05, 0.1) is 0 Å². The number of alkyl halides is 16. The molecule has 0 N–H and O–H groups in total. The molecule has 0 aliphatic rings. The monoisotopic (exact) mass is 532 g/mol. The van der Waals surface area contributed by atoms with Crippen LogP contribution in [0.5, 0.6) is 0 Å². The maximum absolute atomic E-state index is 13.3. The van der Waals surface area contributed by atoms with Crippen molar-refractivity contribution in [2.24, 2.45) is 0 Å². The Hall–Kier alpha value is -0.210. The van der Waals surface area contributed by atoms with Gasteiger partial charge < -0.3 is 4.55 Å². The molecule has 0 aliphatic carbocycles. The summed E-state index contributed by atoms with van der Waals surface area (Å²) in [4.78, 5) is 0. The van der Waals surface area contributed by atoms with E-state index in [1.54, 1.807) is 0 Å². The van der Waals surface area contributed by atoms with Crippen LogP contribution in [0.15, 0.2) is 0 Å². The predicted octanol–water partition coefficient (Wildman–Crippen LogP) is 1.99. The molecule has 0 aromatic heterocycles. The fraction of sp³-hybridized carbons (Fsp3) is 1.00. The summed E-state index contributed by atoms with van der Waals surface area (Å²) in [5.41, 5.74) is 0. The van der Waals surface area contributed by atoms with Gasteiger partial charge in [-0.15, -0.1) is 0 Å². The first-order valence-corrected chi connectivity index (χ1v) is 7.97. The molecule has 0 saturated heterocycles. The van der Waals surface area contributed by atoms with E-state index < -0.39 is 70.2 Å². The molecule has 1 unspecified atom stereocenters. The van der Waals surface area contributed by atoms with Crippen LogP contribution >= 0.6 is 0 Å². The summed E-state index contributed by atoms with van der Waals surface area (Å²) in [6.07, 6.45) is -16.1. The van der Waals surface area contributed by atoms with Gasteiger partial charge in [0.1, 0.15) is 0 Å². The van der Waals surface area contributed by atoms with E-state index in [4.69, 9.17) is 0 Å². The second-order valence-electron chi connectivity index (χ2n) is 5.51. The normalized spacial score (nSPS) is 16.7. The topological polar surface area (TPSA) is 57.2 Å². The largest absolute Gasteiger partial charge is 1.00 e. The third kappa shape index (κ3) is 5.32. The average Bonchev–Trinajstić information content (AvgIpc) is 2.49. The van der Waals surface area contributed by atoms with E-state index in [1.807, 2.05) is 0 Å². The van der Waals surface area contributed by atoms with Crippen LogP contribution in [0, 0.1) is 0 Å². The van der Waals surface area contributed by atoms with E-state index in [-0.39, 0.29) is 29.6 Å². The second-order valence-corrected chi connectivity index (χ2v) is 6.93. The summed E-state index contributed by atoms with van der Waals surface area (Å²) < 4.78 is 235. The van der Waals surface area contributed by atoms with Crippen molar-refractivity contribution < 1.29 is 113 Å². The first kappa shape index (κ1) is 33.0. The maximum Gasteiger partial charge on any atom is 1.00 e. The van der Waals surface area contributed by atoms with Crippen molar-refractivity contribution in [3.8, 4) is 0 Å². The standard InChI is InChI=1S/C10H6F16O3S.Na/c11-3(1-2-4(12,13)14)5(15,16)6(17,18)7(19,20)8(21,22)9(23,24)10(25,26)30(27,28)29;/h3H,1-2H2,(H,27,28,29);/q;+1/p-1. The zero-order valence-electron chi connectivity index (χ0n) is 14.2. The smallest absolute Gasteiger partial charge is 0.743 e. The van der Waals surface area contributed by atoms with Gasteiger partial charge in [-0.2, -0.15) is 65.9 Å². The van der Waals surface area contributed by atoms with Gasteiger partial charge in [-0.05, 0) is 6.42 Å². The Morgan fingerprint density at radius 3 is 1.26 bits per heavy atom. The van der Waals surface area contributed by atoms with Gasteiger partial charge in [0.15, 0.2) is 16.3 Å². The van der Waals surface area contributed by atoms with Crippen LogP contribution in [0.25, 0.3) is 0 Å². The Morgan fingerprint density at radius 1 is 0.645 bits per heavy atom. The predicted molar refractivity (Wildman–Crippen MR) is 59.6 cm³/mol. The molecule has 0 spiro atoms. The summed E-state index contributed by atoms with van der Waals surface area (Å²) in [5, 5.41) is -7.77. The molecule has 31 heavy (non-hydrogen) atoms. The van der Waals surface area contributed by atoms with E-state index in [0.29, 0.717) is 0 Å². The summed E-state index contributed by atoms with van der Waals surface area (Å²) in [5.74, 6) is -40.6. The van der Waals surface area contributed by atoms with Crippen LogP contribution in [0.1, 0.15) is 12.8 Å². The maximum atomic E-state index is 13.3. The molecule has 0 aromatic rings. The molecular formula is C10H5F16NaO3S. The molecular weight excluding hydrogens is 527 g/mol. The zero-order valence-corrected chi connectivity index (χ0v) is 17.0. The van der Waals surface area contributed by atoms with Crippen LogP contribution in [-0.2, 0) is 10.1 Å². The summed E-state index contributed by atoms with van der Waals surface area (Å²) in [6, 6.07) is 0. The van der Waals surface area contributed by atoms with Crippen molar-refractivity contribution >= 4 is 10.1 Å². The molecule has 0 fully saturated rings. The van der Waals surface area contributed by atoms with E-state index in [9.17, 15) is 83.2 Å². The molecule has 182 valence electrons. The minimum absolute atomic E-state index is 0. The first-order chi connectivity index (χ1) is 12.6. The number of rotatable bonds is 9. The molecule has 0 amide bonds. The molecule has 0 heterocycles. The van der Waals surface area contributed by atoms with Gasteiger partial charge in [0.25, 0.3) is 0 Å². The molecule has 0 bridgehead atoms. The Morgan fingerprint density at radius 2 is 0.968 bits per heavy atom. The van der Waals surface area contributed by atoms with E-state index in [1.165, 1.54) is 0 Å². The van der Waals surface area contributed by atoms with Crippen molar-refractivity contribution in [3.63, 3.8) is 0 Å². The summed E-state index contributed by atoms with van der Waals surface area (Å²) in [7, 11) is -8.00. The molecule has 0 aliphatic heterocycles. The van der Waals surface area contributed by atoms with Crippen molar-refractivity contribution in [2.75, 3.05) is 0 Å². The molecule has 21 heteroatoms. The quantitative estimate of drug-likeness (QED) is 0.260. The number of hydrogen-bond donors (Lipinski definition) is 0. The molecule has 0 saturated carbocycles. The van der Waals surface area contributed by atoms with Gasteiger partial charge in [0.2, 0.25) is 0 Å². The first-order valence-electron chi connectivity index (χ1n) is 6.56. The van der Waals surface area contributed by atoms with Gasteiger partial charge >= 0.3 is 70.6 Å². The van der Waals surface area contributed by atoms with Crippen LogP contribution in [0.4, 0.5) is 70.2 Å². The van der Waals surface area contributed by atoms with Crippen LogP contribution in [-0.4, -0.2) is 60.2 Å². The minimum atomic E-state index is -8.47. The molecule has 0 rings (SSSR count). The van der Waals surface area contributed by atoms with Gasteiger partial charge in [-0.3, -0.25) is 0 Å². The van der Waals surface area contributed by atoms with Crippen molar-refractivity contribution in [2.45, 2.75) is 60.1 Å². The Balaban J connectivity index is 0. The van der Waals surface area contributed by atoms with Gasteiger partial charge in [-0.1, -0.05) is 0 Å². The van der Waals surface area contributed by atoms with Crippen LogP contribution in [0.3, 0.4) is 0 Å². The average molecular weight is 532 g/mol. The second kappa shape index (κ2) is 8.86. The summed E-state index contributed by atoms with van der Waals surface area (Å²) >= 11 is 0. The fourth-order valence-electron chi connectivity index (χ4n) is 1.61. The third-order valence-corrected chi connectivity index (χ3v) is 4.24. The SMILES string of the molecule is O=S(=O)([O-])C(F)(F)C(F)(F)C(F)(F)C(F)(F)C(F)(F)C(F)(F)C(F)CCC(F)(F)F.[Na+]. The van der Waals surface area contributed by atoms with Crippen molar-refractivity contribution in [1.82, 2.24) is 0 Å². The molecule has 3 nitrogen and oxygen atoms in total. The van der Waals surface area contributed by atoms with E-state index >= 15 is 0 Å². The Kier molecular flexibility index (Phi) is 9.42. The number of hydrogen-bond acceptors (Lipinski definition) is 3. The Labute approximate surface area is 183 Å². The van der Waals surface area contributed by atoms with Crippen molar-refractivity contribution in [1.29, 1.82) is 0 Å². The third-order valence-electron chi connectivity index (χ3n) is 3.36. The van der Waals surface area contributed by atoms with Crippen LogP contribution in [0.2, 0.25) is 0 Å². The molecule has 1 atom stereocenters. The van der Waals surface area contributed by atoms with Gasteiger partial charge in [-0.25, -0.2) is 12.8 Å². The zero-order chi connectivity index (χ0) is 25.0. The minimum Gasteiger partial charge on any atom is -0.743 e. The van der Waals surface area contributed by atoms with Crippen LogP contribution < -0.4 is 29.6 Å².